The van der Waals surface area contributed by atoms with Crippen molar-refractivity contribution in [2.45, 2.75) is 32.1 Å². The van der Waals surface area contributed by atoms with Crippen molar-refractivity contribution in [1.82, 2.24) is 9.62 Å². The highest BCUT2D eigenvalue weighted by molar-refractivity contribution is 7.88. The minimum atomic E-state index is -3.31. The lowest BCUT2D eigenvalue weighted by Crippen LogP contribution is -3.15. The standard InChI is InChI=1S/C19H31N3O4S/c1-17(2)26-14-6-9-20-19(23)15-21-10-12-22(13-11-21)27(24,25)16-18-7-4-3-5-8-18/h3-5,7-8,17H,6,9-16H2,1-2H3,(H,20,23)/p+1. The second-order valence-electron chi connectivity index (χ2n) is 7.19. The molecule has 8 heteroatoms. The highest BCUT2D eigenvalue weighted by atomic mass is 32.2. The first-order valence-electron chi connectivity index (χ1n) is 9.60. The van der Waals surface area contributed by atoms with Crippen molar-refractivity contribution in [3.05, 3.63) is 35.9 Å². The molecule has 0 saturated carbocycles. The number of carbonyl (C=O) groups excluding carboxylic acids is 1. The molecule has 1 fully saturated rings. The third-order valence-electron chi connectivity index (χ3n) is 4.52. The molecule has 2 N–H and O–H groups in total. The van der Waals surface area contributed by atoms with Gasteiger partial charge in [0.2, 0.25) is 10.0 Å². The lowest BCUT2D eigenvalue weighted by Gasteiger charge is -2.31. The molecular weight excluding hydrogens is 366 g/mol. The second kappa shape index (κ2) is 10.8. The summed E-state index contributed by atoms with van der Waals surface area (Å²) in [5.41, 5.74) is 0.799. The van der Waals surface area contributed by atoms with Gasteiger partial charge < -0.3 is 15.0 Å². The van der Waals surface area contributed by atoms with Gasteiger partial charge in [-0.2, -0.15) is 4.31 Å². The van der Waals surface area contributed by atoms with E-state index in [1.807, 2.05) is 44.2 Å². The number of nitrogens with one attached hydrogen (secondary N) is 2. The Hall–Kier alpha value is -1.48. The molecule has 1 aliphatic heterocycles. The van der Waals surface area contributed by atoms with Crippen molar-refractivity contribution in [3.8, 4) is 0 Å². The number of amides is 1. The van der Waals surface area contributed by atoms with Crippen LogP contribution in [0.4, 0.5) is 0 Å². The molecule has 1 aromatic rings. The van der Waals surface area contributed by atoms with Gasteiger partial charge in [0.15, 0.2) is 6.54 Å². The minimum absolute atomic E-state index is 0.00939. The van der Waals surface area contributed by atoms with Crippen LogP contribution in [0, 0.1) is 0 Å². The summed E-state index contributed by atoms with van der Waals surface area (Å²) < 4.78 is 32.1. The number of hydrogen-bond acceptors (Lipinski definition) is 4. The van der Waals surface area contributed by atoms with Gasteiger partial charge in [0.25, 0.3) is 5.91 Å². The first-order chi connectivity index (χ1) is 12.9. The quantitative estimate of drug-likeness (QED) is 0.528. The largest absolute Gasteiger partial charge is 0.379 e. The molecule has 1 aromatic carbocycles. The Morgan fingerprint density at radius 3 is 2.52 bits per heavy atom. The third kappa shape index (κ3) is 7.96. The van der Waals surface area contributed by atoms with Crippen molar-refractivity contribution < 1.29 is 22.8 Å². The molecule has 0 unspecified atom stereocenters. The SMILES string of the molecule is CC(C)OCCCNC(=O)C[NH+]1CCN(S(=O)(=O)Cc2ccccc2)CC1. The van der Waals surface area contributed by atoms with E-state index in [1.54, 1.807) is 4.31 Å². The Kier molecular flexibility index (Phi) is 8.69. The van der Waals surface area contributed by atoms with Crippen LogP contribution in [0.25, 0.3) is 0 Å². The van der Waals surface area contributed by atoms with Crippen LogP contribution in [-0.4, -0.2) is 70.6 Å². The fourth-order valence-corrected chi connectivity index (χ4v) is 4.58. The van der Waals surface area contributed by atoms with E-state index in [4.69, 9.17) is 4.74 Å². The van der Waals surface area contributed by atoms with Crippen molar-refractivity contribution in [3.63, 3.8) is 0 Å². The number of piperazine rings is 1. The maximum atomic E-state index is 12.6. The zero-order chi connectivity index (χ0) is 19.7. The van der Waals surface area contributed by atoms with Crippen LogP contribution in [0.2, 0.25) is 0 Å². The average Bonchev–Trinajstić information content (AvgIpc) is 2.62. The monoisotopic (exact) mass is 398 g/mol. The summed E-state index contributed by atoms with van der Waals surface area (Å²) in [6.45, 7) is 7.83. The van der Waals surface area contributed by atoms with Gasteiger partial charge in [-0.1, -0.05) is 30.3 Å². The highest BCUT2D eigenvalue weighted by Crippen LogP contribution is 2.10. The molecule has 2 rings (SSSR count). The van der Waals surface area contributed by atoms with Crippen molar-refractivity contribution >= 4 is 15.9 Å². The van der Waals surface area contributed by atoms with Gasteiger partial charge in [-0.15, -0.1) is 0 Å². The Balaban J connectivity index is 1.68. The number of quaternary nitrogens is 1. The average molecular weight is 399 g/mol. The minimum Gasteiger partial charge on any atom is -0.379 e. The van der Waals surface area contributed by atoms with Gasteiger partial charge in [-0.25, -0.2) is 8.42 Å². The van der Waals surface area contributed by atoms with Gasteiger partial charge >= 0.3 is 0 Å². The zero-order valence-electron chi connectivity index (χ0n) is 16.3. The fraction of sp³-hybridized carbons (Fsp3) is 0.632. The number of rotatable bonds is 10. The van der Waals surface area contributed by atoms with E-state index in [1.165, 1.54) is 0 Å². The van der Waals surface area contributed by atoms with Gasteiger partial charge in [-0.05, 0) is 25.8 Å². The van der Waals surface area contributed by atoms with Gasteiger partial charge in [-0.3, -0.25) is 4.79 Å². The highest BCUT2D eigenvalue weighted by Gasteiger charge is 2.29. The molecule has 0 bridgehead atoms. The summed E-state index contributed by atoms with van der Waals surface area (Å²) in [4.78, 5) is 13.1. The molecule has 152 valence electrons. The first-order valence-corrected chi connectivity index (χ1v) is 11.2. The topological polar surface area (TPSA) is 80.2 Å². The molecule has 0 aromatic heterocycles. The van der Waals surface area contributed by atoms with E-state index in [9.17, 15) is 13.2 Å². The Morgan fingerprint density at radius 2 is 1.89 bits per heavy atom. The summed E-state index contributed by atoms with van der Waals surface area (Å²) in [6.07, 6.45) is 1.00. The predicted octanol–water partition coefficient (Wildman–Crippen LogP) is -0.352. The number of carbonyl (C=O) groups is 1. The third-order valence-corrected chi connectivity index (χ3v) is 6.37. The Bertz CT molecular complexity index is 671. The van der Waals surface area contributed by atoms with Gasteiger partial charge in [0.1, 0.15) is 0 Å². The molecule has 1 heterocycles. The number of sulfonamides is 1. The number of nitrogens with zero attached hydrogens (tertiary/aromatic N) is 1. The van der Waals surface area contributed by atoms with Gasteiger partial charge in [0.05, 0.1) is 38.0 Å². The van der Waals surface area contributed by atoms with Crippen molar-refractivity contribution in [1.29, 1.82) is 0 Å². The van der Waals surface area contributed by atoms with E-state index in [0.717, 1.165) is 16.9 Å². The summed E-state index contributed by atoms with van der Waals surface area (Å²) >= 11 is 0. The molecule has 7 nitrogen and oxygen atoms in total. The van der Waals surface area contributed by atoms with Crippen LogP contribution in [0.1, 0.15) is 25.8 Å². The summed E-state index contributed by atoms with van der Waals surface area (Å²) in [7, 11) is -3.31. The second-order valence-corrected chi connectivity index (χ2v) is 9.16. The molecule has 0 radical (unpaired) electrons. The van der Waals surface area contributed by atoms with Crippen LogP contribution in [0.5, 0.6) is 0 Å². The molecule has 0 aliphatic carbocycles. The number of benzene rings is 1. The van der Waals surface area contributed by atoms with Crippen LogP contribution in [0.15, 0.2) is 30.3 Å². The van der Waals surface area contributed by atoms with Crippen LogP contribution in [-0.2, 0) is 25.3 Å². The van der Waals surface area contributed by atoms with E-state index in [2.05, 4.69) is 5.32 Å². The fourth-order valence-electron chi connectivity index (χ4n) is 3.04. The molecule has 1 saturated heterocycles. The predicted molar refractivity (Wildman–Crippen MR) is 105 cm³/mol. The number of ether oxygens (including phenoxy) is 1. The maximum absolute atomic E-state index is 12.6. The molecule has 1 aliphatic rings. The van der Waals surface area contributed by atoms with Crippen molar-refractivity contribution in [2.24, 2.45) is 0 Å². The number of hydrogen-bond donors (Lipinski definition) is 2. The molecule has 27 heavy (non-hydrogen) atoms. The Morgan fingerprint density at radius 1 is 1.22 bits per heavy atom. The first kappa shape index (κ1) is 21.8. The molecule has 1 amide bonds. The molecule has 0 spiro atoms. The summed E-state index contributed by atoms with van der Waals surface area (Å²) in [5.74, 6) is 0.0393. The van der Waals surface area contributed by atoms with Crippen LogP contribution >= 0.6 is 0 Å². The van der Waals surface area contributed by atoms with E-state index >= 15 is 0 Å². The summed E-state index contributed by atoms with van der Waals surface area (Å²) in [5, 5.41) is 2.91. The van der Waals surface area contributed by atoms with E-state index in [-0.39, 0.29) is 17.8 Å². The molecular formula is C19H32N3O4S+. The van der Waals surface area contributed by atoms with E-state index < -0.39 is 10.0 Å². The zero-order valence-corrected chi connectivity index (χ0v) is 17.1. The van der Waals surface area contributed by atoms with Gasteiger partial charge in [0, 0.05) is 13.2 Å². The lowest BCUT2D eigenvalue weighted by molar-refractivity contribution is -0.895. The maximum Gasteiger partial charge on any atom is 0.275 e. The van der Waals surface area contributed by atoms with Crippen LogP contribution < -0.4 is 10.2 Å². The van der Waals surface area contributed by atoms with Crippen LogP contribution in [0.3, 0.4) is 0 Å². The Labute approximate surface area is 162 Å². The smallest absolute Gasteiger partial charge is 0.275 e. The normalized spacial score (nSPS) is 16.6. The van der Waals surface area contributed by atoms with Crippen molar-refractivity contribution in [2.75, 3.05) is 45.9 Å². The van der Waals surface area contributed by atoms with E-state index in [0.29, 0.717) is 45.9 Å². The lowest BCUT2D eigenvalue weighted by atomic mass is 10.2. The summed E-state index contributed by atoms with van der Waals surface area (Å²) in [6, 6.07) is 9.23. The molecule has 0 atom stereocenters.